The Morgan fingerprint density at radius 1 is 1.24 bits per heavy atom. The molecule has 3 rings (SSSR count). The lowest BCUT2D eigenvalue weighted by atomic mass is 10.0. The van der Waals surface area contributed by atoms with Crippen LogP contribution in [0.25, 0.3) is 0 Å². The fourth-order valence-corrected chi connectivity index (χ4v) is 3.78. The highest BCUT2D eigenvalue weighted by Crippen LogP contribution is 2.16. The Bertz CT molecular complexity index is 542. The van der Waals surface area contributed by atoms with Crippen molar-refractivity contribution in [3.63, 3.8) is 0 Å². The maximum Gasteiger partial charge on any atom is 0.317 e. The first-order chi connectivity index (χ1) is 12.1. The monoisotopic (exact) mass is 345 g/mol. The van der Waals surface area contributed by atoms with Crippen molar-refractivity contribution < 1.29 is 4.79 Å². The molecule has 0 aliphatic carbocycles. The molecule has 0 radical (unpaired) electrons. The molecule has 0 spiro atoms. The number of pyridine rings is 1. The molecule has 1 unspecified atom stereocenters. The van der Waals surface area contributed by atoms with E-state index in [1.165, 1.54) is 6.42 Å². The quantitative estimate of drug-likeness (QED) is 0.904. The molecule has 1 N–H and O–H groups in total. The van der Waals surface area contributed by atoms with Crippen LogP contribution < -0.4 is 5.32 Å². The normalized spacial score (nSPS) is 23.0. The summed E-state index contributed by atoms with van der Waals surface area (Å²) in [6, 6.07) is 6.97. The fourth-order valence-electron chi connectivity index (χ4n) is 3.78. The second-order valence-electron chi connectivity index (χ2n) is 7.53. The highest BCUT2D eigenvalue weighted by Gasteiger charge is 2.27. The summed E-state index contributed by atoms with van der Waals surface area (Å²) in [4.78, 5) is 23.6. The first-order valence-electron chi connectivity index (χ1n) is 9.46. The molecule has 1 atom stereocenters. The number of nitrogens with one attached hydrogen (secondary N) is 1. The second kappa shape index (κ2) is 8.63. The van der Waals surface area contributed by atoms with E-state index in [1.54, 1.807) is 0 Å². The van der Waals surface area contributed by atoms with Crippen LogP contribution in [0.2, 0.25) is 0 Å². The highest BCUT2D eigenvalue weighted by molar-refractivity contribution is 5.74. The lowest BCUT2D eigenvalue weighted by Gasteiger charge is -2.38. The van der Waals surface area contributed by atoms with Crippen molar-refractivity contribution >= 4 is 6.03 Å². The predicted octanol–water partition coefficient (Wildman–Crippen LogP) is 1.78. The van der Waals surface area contributed by atoms with Gasteiger partial charge in [-0.25, -0.2) is 4.79 Å². The molecule has 3 heterocycles. The minimum absolute atomic E-state index is 0.120. The number of likely N-dealkylation sites (tertiary alicyclic amines) is 2. The van der Waals surface area contributed by atoms with Gasteiger partial charge < -0.3 is 15.1 Å². The third kappa shape index (κ3) is 5.16. The first kappa shape index (κ1) is 18.1. The van der Waals surface area contributed by atoms with Gasteiger partial charge >= 0.3 is 6.03 Å². The lowest BCUT2D eigenvalue weighted by molar-refractivity contribution is 0.131. The molecule has 0 saturated carbocycles. The molecule has 2 saturated heterocycles. The molecule has 2 aliphatic rings. The summed E-state index contributed by atoms with van der Waals surface area (Å²) in [6.07, 6.45) is 6.16. The van der Waals surface area contributed by atoms with Gasteiger partial charge in [-0.2, -0.15) is 0 Å². The van der Waals surface area contributed by atoms with Gasteiger partial charge in [-0.1, -0.05) is 6.07 Å². The van der Waals surface area contributed by atoms with E-state index in [9.17, 15) is 4.79 Å². The molecule has 6 nitrogen and oxygen atoms in total. The van der Waals surface area contributed by atoms with Crippen LogP contribution in [-0.4, -0.2) is 78.1 Å². The van der Waals surface area contributed by atoms with E-state index in [0.29, 0.717) is 12.1 Å². The van der Waals surface area contributed by atoms with Crippen LogP contribution in [-0.2, 0) is 6.54 Å². The van der Waals surface area contributed by atoms with Crippen molar-refractivity contribution in [3.8, 4) is 0 Å². The number of nitrogens with zero attached hydrogens (tertiary/aromatic N) is 4. The van der Waals surface area contributed by atoms with Gasteiger partial charge in [0.15, 0.2) is 0 Å². The molecule has 1 aromatic rings. The third-order valence-electron chi connectivity index (χ3n) is 5.44. The van der Waals surface area contributed by atoms with E-state index in [0.717, 1.165) is 57.7 Å². The van der Waals surface area contributed by atoms with Crippen molar-refractivity contribution in [2.75, 3.05) is 40.3 Å². The zero-order chi connectivity index (χ0) is 17.6. The Labute approximate surface area is 151 Å². The van der Waals surface area contributed by atoms with Crippen molar-refractivity contribution in [2.24, 2.45) is 0 Å². The Balaban J connectivity index is 1.42. The van der Waals surface area contributed by atoms with Crippen LogP contribution in [0, 0.1) is 0 Å². The minimum atomic E-state index is 0.120. The average Bonchev–Trinajstić information content (AvgIpc) is 2.64. The van der Waals surface area contributed by atoms with E-state index in [-0.39, 0.29) is 6.03 Å². The van der Waals surface area contributed by atoms with E-state index >= 15 is 0 Å². The average molecular weight is 345 g/mol. The first-order valence-corrected chi connectivity index (χ1v) is 9.46. The van der Waals surface area contributed by atoms with Crippen molar-refractivity contribution in [3.05, 3.63) is 30.1 Å². The van der Waals surface area contributed by atoms with Gasteiger partial charge in [0, 0.05) is 51.0 Å². The largest absolute Gasteiger partial charge is 0.335 e. The molecule has 2 aliphatic heterocycles. The van der Waals surface area contributed by atoms with E-state index in [4.69, 9.17) is 0 Å². The number of hydrogen-bond acceptors (Lipinski definition) is 4. The van der Waals surface area contributed by atoms with Crippen molar-refractivity contribution in [1.29, 1.82) is 0 Å². The number of carbonyl (C=O) groups excluding carboxylic acids is 1. The number of carbonyl (C=O) groups is 1. The Morgan fingerprint density at radius 2 is 2.04 bits per heavy atom. The molecule has 2 amide bonds. The number of aromatic nitrogens is 1. The van der Waals surface area contributed by atoms with Gasteiger partial charge in [-0.05, 0) is 51.9 Å². The Hall–Kier alpha value is -1.66. The van der Waals surface area contributed by atoms with Gasteiger partial charge in [-0.15, -0.1) is 0 Å². The van der Waals surface area contributed by atoms with Gasteiger partial charge in [0.05, 0.1) is 5.69 Å². The SMILES string of the molecule is CN(C)C1CCCN(C(=O)NC2CCN(Cc3ccccn3)CC2)C1. The third-order valence-corrected chi connectivity index (χ3v) is 5.44. The Morgan fingerprint density at radius 3 is 2.72 bits per heavy atom. The maximum absolute atomic E-state index is 12.6. The topological polar surface area (TPSA) is 51.7 Å². The Kier molecular flexibility index (Phi) is 6.26. The summed E-state index contributed by atoms with van der Waals surface area (Å²) >= 11 is 0. The molecule has 6 heteroatoms. The van der Waals surface area contributed by atoms with Crippen LogP contribution >= 0.6 is 0 Å². The molecule has 0 bridgehead atoms. The van der Waals surface area contributed by atoms with Crippen LogP contribution in [0.1, 0.15) is 31.4 Å². The number of urea groups is 1. The van der Waals surface area contributed by atoms with Crippen molar-refractivity contribution in [2.45, 2.75) is 44.3 Å². The van der Waals surface area contributed by atoms with Gasteiger partial charge in [0.1, 0.15) is 0 Å². The summed E-state index contributed by atoms with van der Waals surface area (Å²) in [5.41, 5.74) is 1.12. The summed E-state index contributed by atoms with van der Waals surface area (Å²) in [7, 11) is 4.20. The molecule has 25 heavy (non-hydrogen) atoms. The number of piperidine rings is 2. The van der Waals surface area contributed by atoms with Crippen LogP contribution in [0.15, 0.2) is 24.4 Å². The van der Waals surface area contributed by atoms with Gasteiger partial charge in [0.25, 0.3) is 0 Å². The molecule has 138 valence electrons. The predicted molar refractivity (Wildman–Crippen MR) is 99.3 cm³/mol. The summed E-state index contributed by atoms with van der Waals surface area (Å²) in [5.74, 6) is 0. The van der Waals surface area contributed by atoms with Crippen LogP contribution in [0.5, 0.6) is 0 Å². The molecule has 1 aromatic heterocycles. The maximum atomic E-state index is 12.6. The molecular weight excluding hydrogens is 314 g/mol. The summed E-state index contributed by atoms with van der Waals surface area (Å²) in [5, 5.41) is 3.26. The zero-order valence-electron chi connectivity index (χ0n) is 15.5. The van der Waals surface area contributed by atoms with E-state index < -0.39 is 0 Å². The highest BCUT2D eigenvalue weighted by atomic mass is 16.2. The van der Waals surface area contributed by atoms with Gasteiger partial charge in [-0.3, -0.25) is 9.88 Å². The number of hydrogen-bond donors (Lipinski definition) is 1. The van der Waals surface area contributed by atoms with Crippen molar-refractivity contribution in [1.82, 2.24) is 25.0 Å². The second-order valence-corrected chi connectivity index (χ2v) is 7.53. The van der Waals surface area contributed by atoms with Crippen LogP contribution in [0.4, 0.5) is 4.79 Å². The van der Waals surface area contributed by atoms with E-state index in [2.05, 4.69) is 40.3 Å². The van der Waals surface area contributed by atoms with Crippen LogP contribution in [0.3, 0.4) is 0 Å². The fraction of sp³-hybridized carbons (Fsp3) is 0.684. The zero-order valence-corrected chi connectivity index (χ0v) is 15.5. The number of likely N-dealkylation sites (N-methyl/N-ethyl adjacent to an activating group) is 1. The number of rotatable bonds is 4. The molecule has 2 fully saturated rings. The van der Waals surface area contributed by atoms with E-state index in [1.807, 2.05) is 23.2 Å². The lowest BCUT2D eigenvalue weighted by Crippen LogP contribution is -2.54. The molecule has 0 aromatic carbocycles. The summed E-state index contributed by atoms with van der Waals surface area (Å²) in [6.45, 7) is 4.66. The number of amides is 2. The molecular formula is C19H31N5O. The standard InChI is InChI=1S/C19H31N5O/c1-22(2)18-7-5-11-24(15-18)19(25)21-16-8-12-23(13-9-16)14-17-6-3-4-10-20-17/h3-4,6,10,16,18H,5,7-9,11-15H2,1-2H3,(H,21,25). The van der Waals surface area contributed by atoms with Gasteiger partial charge in [0.2, 0.25) is 0 Å². The smallest absolute Gasteiger partial charge is 0.317 e. The minimum Gasteiger partial charge on any atom is -0.335 e. The summed E-state index contributed by atoms with van der Waals surface area (Å²) < 4.78 is 0.